The van der Waals surface area contributed by atoms with Gasteiger partial charge in [0.15, 0.2) is 5.00 Å². The first-order chi connectivity index (χ1) is 9.33. The molecule has 0 radical (unpaired) electrons. The van der Waals surface area contributed by atoms with E-state index in [0.717, 1.165) is 36.7 Å². The van der Waals surface area contributed by atoms with Crippen LogP contribution in [0, 0.1) is 16.0 Å². The molecule has 0 amide bonds. The van der Waals surface area contributed by atoms with Gasteiger partial charge in [-0.25, -0.2) is 13.1 Å². The van der Waals surface area contributed by atoms with Crippen LogP contribution in [-0.2, 0) is 10.0 Å². The monoisotopic (exact) mass is 319 g/mol. The third-order valence-corrected chi connectivity index (χ3v) is 6.26. The Hall–Kier alpha value is -1.19. The van der Waals surface area contributed by atoms with Gasteiger partial charge in [-0.05, 0) is 18.8 Å². The Bertz CT molecular complexity index is 607. The molecule has 20 heavy (non-hydrogen) atoms. The number of nitrogens with zero attached hydrogens (tertiary/aromatic N) is 1. The number of nitrogen functional groups attached to an aromatic ring is 1. The fraction of sp³-hybridized carbons (Fsp3) is 0.636. The average Bonchev–Trinajstić information content (AvgIpc) is 3.07. The second kappa shape index (κ2) is 5.66. The highest BCUT2D eigenvalue weighted by atomic mass is 32.2. The standard InChI is InChI=1S/C11H17N3O4S2/c1-2-8(5-7-3-4-7)13-20(17,18)10-6-9(14(15)16)11(12)19-10/h6-8,13H,2-5,12H2,1H3. The molecule has 0 aliphatic heterocycles. The van der Waals surface area contributed by atoms with E-state index in [9.17, 15) is 18.5 Å². The summed E-state index contributed by atoms with van der Waals surface area (Å²) < 4.78 is 26.9. The molecule has 7 nitrogen and oxygen atoms in total. The summed E-state index contributed by atoms with van der Waals surface area (Å²) in [6, 6.07) is 0.890. The van der Waals surface area contributed by atoms with Crippen molar-refractivity contribution in [2.45, 2.75) is 42.9 Å². The van der Waals surface area contributed by atoms with E-state index in [0.29, 0.717) is 12.3 Å². The summed E-state index contributed by atoms with van der Waals surface area (Å²) in [6.07, 6.45) is 3.81. The first-order valence-electron chi connectivity index (χ1n) is 6.39. The zero-order chi connectivity index (χ0) is 14.9. The van der Waals surface area contributed by atoms with Gasteiger partial charge < -0.3 is 5.73 Å². The van der Waals surface area contributed by atoms with Gasteiger partial charge in [-0.2, -0.15) is 0 Å². The van der Waals surface area contributed by atoms with Gasteiger partial charge >= 0.3 is 5.69 Å². The van der Waals surface area contributed by atoms with Crippen LogP contribution >= 0.6 is 11.3 Å². The van der Waals surface area contributed by atoms with Crippen LogP contribution in [0.25, 0.3) is 0 Å². The number of rotatable bonds is 7. The normalized spacial score (nSPS) is 17.1. The van der Waals surface area contributed by atoms with Crippen LogP contribution in [-0.4, -0.2) is 19.4 Å². The second-order valence-corrected chi connectivity index (χ2v) is 8.00. The maximum absolute atomic E-state index is 12.2. The number of nitrogens with one attached hydrogen (secondary N) is 1. The molecular weight excluding hydrogens is 302 g/mol. The number of nitro groups is 1. The molecule has 1 unspecified atom stereocenters. The smallest absolute Gasteiger partial charge is 0.304 e. The van der Waals surface area contributed by atoms with Gasteiger partial charge in [0.25, 0.3) is 10.0 Å². The van der Waals surface area contributed by atoms with Crippen molar-refractivity contribution < 1.29 is 13.3 Å². The van der Waals surface area contributed by atoms with Gasteiger partial charge in [0.05, 0.1) is 4.92 Å². The van der Waals surface area contributed by atoms with E-state index in [1.807, 2.05) is 6.92 Å². The number of anilines is 1. The van der Waals surface area contributed by atoms with E-state index < -0.39 is 14.9 Å². The third kappa shape index (κ3) is 3.47. The van der Waals surface area contributed by atoms with Crippen molar-refractivity contribution >= 4 is 32.0 Å². The number of thiophene rings is 1. The zero-order valence-corrected chi connectivity index (χ0v) is 12.7. The molecule has 1 saturated carbocycles. The Morgan fingerprint density at radius 3 is 2.70 bits per heavy atom. The lowest BCUT2D eigenvalue weighted by Gasteiger charge is -2.15. The number of hydrogen-bond acceptors (Lipinski definition) is 6. The Balaban J connectivity index is 2.16. The quantitative estimate of drug-likeness (QED) is 0.590. The molecule has 1 aliphatic rings. The van der Waals surface area contributed by atoms with E-state index in [-0.39, 0.29) is 20.9 Å². The zero-order valence-electron chi connectivity index (χ0n) is 11.0. The van der Waals surface area contributed by atoms with Gasteiger partial charge in [-0.1, -0.05) is 31.1 Å². The van der Waals surface area contributed by atoms with Crippen molar-refractivity contribution in [1.82, 2.24) is 4.72 Å². The Labute approximate surface area is 121 Å². The van der Waals surface area contributed by atoms with Gasteiger partial charge in [-0.3, -0.25) is 10.1 Å². The van der Waals surface area contributed by atoms with E-state index in [2.05, 4.69) is 4.72 Å². The van der Waals surface area contributed by atoms with Gasteiger partial charge in [0, 0.05) is 12.1 Å². The van der Waals surface area contributed by atoms with Crippen LogP contribution in [0.5, 0.6) is 0 Å². The predicted molar refractivity (Wildman–Crippen MR) is 77.1 cm³/mol. The molecule has 3 N–H and O–H groups in total. The number of hydrogen-bond donors (Lipinski definition) is 2. The van der Waals surface area contributed by atoms with Crippen LogP contribution in [0.4, 0.5) is 10.7 Å². The Kier molecular flexibility index (Phi) is 4.31. The van der Waals surface area contributed by atoms with Gasteiger partial charge in [0.2, 0.25) is 0 Å². The molecule has 1 aromatic heterocycles. The summed E-state index contributed by atoms with van der Waals surface area (Å²) in [4.78, 5) is 10.0. The molecule has 1 atom stereocenters. The van der Waals surface area contributed by atoms with Gasteiger partial charge in [-0.15, -0.1) is 0 Å². The molecule has 1 heterocycles. The lowest BCUT2D eigenvalue weighted by Crippen LogP contribution is -2.34. The van der Waals surface area contributed by atoms with Crippen LogP contribution in [0.1, 0.15) is 32.6 Å². The fourth-order valence-corrected chi connectivity index (χ4v) is 4.54. The highest BCUT2D eigenvalue weighted by Crippen LogP contribution is 2.36. The van der Waals surface area contributed by atoms with Crippen molar-refractivity contribution in [2.24, 2.45) is 5.92 Å². The molecule has 0 aromatic carbocycles. The second-order valence-electron chi connectivity index (χ2n) is 4.98. The van der Waals surface area contributed by atoms with Crippen molar-refractivity contribution in [3.8, 4) is 0 Å². The summed E-state index contributed by atoms with van der Waals surface area (Å²) >= 11 is 0.722. The lowest BCUT2D eigenvalue weighted by molar-refractivity contribution is -0.383. The largest absolute Gasteiger partial charge is 0.385 e. The minimum atomic E-state index is -3.74. The fourth-order valence-electron chi connectivity index (χ4n) is 1.98. The first kappa shape index (κ1) is 15.2. The molecule has 2 rings (SSSR count). The molecule has 1 aromatic rings. The maximum atomic E-state index is 12.2. The summed E-state index contributed by atoms with van der Waals surface area (Å²) in [5.41, 5.74) is 5.12. The predicted octanol–water partition coefficient (Wildman–Crippen LogP) is 2.10. The van der Waals surface area contributed by atoms with Crippen molar-refractivity contribution in [3.05, 3.63) is 16.2 Å². The number of sulfonamides is 1. The summed E-state index contributed by atoms with van der Waals surface area (Å²) in [6.45, 7) is 1.92. The minimum absolute atomic E-state index is 0.0920. The van der Waals surface area contributed by atoms with Crippen LogP contribution in [0.15, 0.2) is 10.3 Å². The van der Waals surface area contributed by atoms with E-state index >= 15 is 0 Å². The topological polar surface area (TPSA) is 115 Å². The van der Waals surface area contributed by atoms with E-state index in [1.165, 1.54) is 0 Å². The van der Waals surface area contributed by atoms with Crippen LogP contribution in [0.2, 0.25) is 0 Å². The molecule has 0 bridgehead atoms. The van der Waals surface area contributed by atoms with Crippen molar-refractivity contribution in [1.29, 1.82) is 0 Å². The SMILES string of the molecule is CCC(CC1CC1)NS(=O)(=O)c1cc([N+](=O)[O-])c(N)s1. The molecule has 1 fully saturated rings. The van der Waals surface area contributed by atoms with E-state index in [4.69, 9.17) is 5.73 Å². The molecular formula is C11H17N3O4S2. The van der Waals surface area contributed by atoms with Gasteiger partial charge in [0.1, 0.15) is 4.21 Å². The van der Waals surface area contributed by atoms with Crippen LogP contribution < -0.4 is 10.5 Å². The summed E-state index contributed by atoms with van der Waals surface area (Å²) in [5.74, 6) is 0.602. The van der Waals surface area contributed by atoms with Crippen LogP contribution in [0.3, 0.4) is 0 Å². The van der Waals surface area contributed by atoms with Crippen molar-refractivity contribution in [2.75, 3.05) is 5.73 Å². The Morgan fingerprint density at radius 2 is 2.25 bits per heavy atom. The van der Waals surface area contributed by atoms with Crippen molar-refractivity contribution in [3.63, 3.8) is 0 Å². The third-order valence-electron chi connectivity index (χ3n) is 3.31. The molecule has 9 heteroatoms. The molecule has 0 saturated heterocycles. The maximum Gasteiger partial charge on any atom is 0.304 e. The number of nitrogens with two attached hydrogens (primary N) is 1. The minimum Gasteiger partial charge on any atom is -0.385 e. The highest BCUT2D eigenvalue weighted by Gasteiger charge is 2.30. The lowest BCUT2D eigenvalue weighted by atomic mass is 10.1. The Morgan fingerprint density at radius 1 is 1.60 bits per heavy atom. The summed E-state index contributed by atoms with van der Waals surface area (Å²) in [7, 11) is -3.74. The molecule has 112 valence electrons. The molecule has 1 aliphatic carbocycles. The average molecular weight is 319 g/mol. The first-order valence-corrected chi connectivity index (χ1v) is 8.69. The molecule has 0 spiro atoms. The summed E-state index contributed by atoms with van der Waals surface area (Å²) in [5, 5.41) is 10.6. The van der Waals surface area contributed by atoms with E-state index in [1.54, 1.807) is 0 Å². The highest BCUT2D eigenvalue weighted by molar-refractivity contribution is 7.91.